The summed E-state index contributed by atoms with van der Waals surface area (Å²) in [6, 6.07) is 12.1. The number of nitrogens with zero attached hydrogens (tertiary/aromatic N) is 4. The number of benzene rings is 1. The molecule has 0 saturated heterocycles. The molecule has 150 valence electrons. The molecule has 9 heteroatoms. The lowest BCUT2D eigenvalue weighted by molar-refractivity contribution is 0.102. The molecule has 0 fully saturated rings. The van der Waals surface area contributed by atoms with Crippen molar-refractivity contribution in [3.05, 3.63) is 90.4 Å². The highest BCUT2D eigenvalue weighted by Gasteiger charge is 2.19. The number of aromatic nitrogens is 4. The second-order valence-electron chi connectivity index (χ2n) is 6.27. The van der Waals surface area contributed by atoms with Gasteiger partial charge in [-0.15, -0.1) is 0 Å². The fourth-order valence-electron chi connectivity index (χ4n) is 2.86. The molecule has 1 aromatic carbocycles. The smallest absolute Gasteiger partial charge is 0.280 e. The van der Waals surface area contributed by atoms with Crippen LogP contribution >= 0.6 is 0 Å². The number of alkyl halides is 2. The number of pyridine rings is 2. The minimum Gasteiger partial charge on any atom is -0.322 e. The van der Waals surface area contributed by atoms with Crippen LogP contribution < -0.4 is 5.32 Å². The number of anilines is 1. The second kappa shape index (κ2) is 8.16. The molecule has 3 aromatic heterocycles. The fourth-order valence-corrected chi connectivity index (χ4v) is 2.86. The zero-order valence-corrected chi connectivity index (χ0v) is 15.3. The third kappa shape index (κ3) is 3.90. The van der Waals surface area contributed by atoms with E-state index in [0.29, 0.717) is 22.6 Å². The van der Waals surface area contributed by atoms with Crippen molar-refractivity contribution in [2.45, 2.75) is 6.43 Å². The first kappa shape index (κ1) is 19.3. The van der Waals surface area contributed by atoms with Crippen LogP contribution in [-0.2, 0) is 0 Å². The minimum absolute atomic E-state index is 0.151. The maximum absolute atomic E-state index is 13.7. The monoisotopic (exact) mass is 409 g/mol. The van der Waals surface area contributed by atoms with Crippen LogP contribution in [0.5, 0.6) is 0 Å². The zero-order chi connectivity index (χ0) is 21.1. The molecule has 0 aliphatic carbocycles. The van der Waals surface area contributed by atoms with E-state index in [9.17, 15) is 18.0 Å². The molecule has 0 radical (unpaired) electrons. The van der Waals surface area contributed by atoms with Crippen LogP contribution in [0.2, 0.25) is 0 Å². The zero-order valence-electron chi connectivity index (χ0n) is 15.3. The first-order valence-corrected chi connectivity index (χ1v) is 8.83. The summed E-state index contributed by atoms with van der Waals surface area (Å²) in [5.74, 6) is -1.39. The number of hydrogen-bond acceptors (Lipinski definition) is 4. The van der Waals surface area contributed by atoms with Gasteiger partial charge in [-0.25, -0.2) is 17.9 Å². The van der Waals surface area contributed by atoms with Crippen LogP contribution in [0.4, 0.5) is 18.9 Å². The molecule has 0 bridgehead atoms. The quantitative estimate of drug-likeness (QED) is 0.520. The lowest BCUT2D eigenvalue weighted by atomic mass is 10.2. The SMILES string of the molecule is O=C(Nc1ccc(-n2nc(-c3cccnc3)cc2C(F)F)cc1)c1ccncc1F. The molecule has 4 rings (SSSR count). The first-order chi connectivity index (χ1) is 14.5. The Labute approximate surface area is 169 Å². The van der Waals surface area contributed by atoms with Gasteiger partial charge in [0.1, 0.15) is 5.69 Å². The van der Waals surface area contributed by atoms with Gasteiger partial charge < -0.3 is 5.32 Å². The highest BCUT2D eigenvalue weighted by atomic mass is 19.3. The molecule has 6 nitrogen and oxygen atoms in total. The Bertz CT molecular complexity index is 1180. The third-order valence-electron chi connectivity index (χ3n) is 4.30. The summed E-state index contributed by atoms with van der Waals surface area (Å²) in [6.45, 7) is 0. The number of carbonyl (C=O) groups is 1. The molecule has 0 spiro atoms. The number of nitrogens with one attached hydrogen (secondary N) is 1. The Hall–Kier alpha value is -4.01. The minimum atomic E-state index is -2.74. The number of halogens is 3. The first-order valence-electron chi connectivity index (χ1n) is 8.83. The number of carbonyl (C=O) groups excluding carboxylic acids is 1. The average molecular weight is 409 g/mol. The number of rotatable bonds is 5. The van der Waals surface area contributed by atoms with Crippen molar-refractivity contribution in [1.29, 1.82) is 0 Å². The van der Waals surface area contributed by atoms with Crippen LogP contribution in [0.25, 0.3) is 16.9 Å². The van der Waals surface area contributed by atoms with Gasteiger partial charge in [0.25, 0.3) is 12.3 Å². The van der Waals surface area contributed by atoms with Gasteiger partial charge >= 0.3 is 0 Å². The van der Waals surface area contributed by atoms with E-state index in [4.69, 9.17) is 0 Å². The summed E-state index contributed by atoms with van der Waals surface area (Å²) >= 11 is 0. The fraction of sp³-hybridized carbons (Fsp3) is 0.0476. The summed E-state index contributed by atoms with van der Waals surface area (Å²) in [5, 5.41) is 6.83. The molecule has 4 aromatic rings. The summed E-state index contributed by atoms with van der Waals surface area (Å²) in [6.07, 6.45) is 2.64. The number of hydrogen-bond donors (Lipinski definition) is 1. The van der Waals surface area contributed by atoms with Crippen LogP contribution in [0, 0.1) is 5.82 Å². The Balaban J connectivity index is 1.60. The lowest BCUT2D eigenvalue weighted by Gasteiger charge is -2.09. The summed E-state index contributed by atoms with van der Waals surface area (Å²) in [4.78, 5) is 19.8. The topological polar surface area (TPSA) is 72.7 Å². The van der Waals surface area contributed by atoms with Gasteiger partial charge in [0.05, 0.1) is 23.1 Å². The van der Waals surface area contributed by atoms with Crippen molar-refractivity contribution < 1.29 is 18.0 Å². The summed E-state index contributed by atoms with van der Waals surface area (Å²) in [5.41, 5.74) is 1.31. The second-order valence-corrected chi connectivity index (χ2v) is 6.27. The molecule has 30 heavy (non-hydrogen) atoms. The standard InChI is InChI=1S/C21H14F3N5O/c22-17-12-26-9-7-16(17)21(30)27-14-3-5-15(6-4-14)29-19(20(23)24)10-18(28-29)13-2-1-8-25-11-13/h1-12,20H,(H,27,30). The van der Waals surface area contributed by atoms with E-state index in [1.165, 1.54) is 42.6 Å². The maximum atomic E-state index is 13.7. The molecular weight excluding hydrogens is 395 g/mol. The molecule has 0 saturated carbocycles. The van der Waals surface area contributed by atoms with Crippen molar-refractivity contribution in [2.75, 3.05) is 5.32 Å². The van der Waals surface area contributed by atoms with E-state index in [-0.39, 0.29) is 11.3 Å². The van der Waals surface area contributed by atoms with E-state index in [1.807, 2.05) is 0 Å². The van der Waals surface area contributed by atoms with Crippen molar-refractivity contribution in [3.8, 4) is 16.9 Å². The molecule has 3 heterocycles. The van der Waals surface area contributed by atoms with E-state index >= 15 is 0 Å². The molecule has 0 aliphatic heterocycles. The molecule has 0 unspecified atom stereocenters. The Morgan fingerprint density at radius 2 is 1.77 bits per heavy atom. The summed E-state index contributed by atoms with van der Waals surface area (Å²) < 4.78 is 41.9. The highest BCUT2D eigenvalue weighted by molar-refractivity contribution is 6.04. The van der Waals surface area contributed by atoms with E-state index in [2.05, 4.69) is 20.4 Å². The average Bonchev–Trinajstić information content (AvgIpc) is 3.21. The predicted molar refractivity (Wildman–Crippen MR) is 104 cm³/mol. The third-order valence-corrected chi connectivity index (χ3v) is 4.30. The van der Waals surface area contributed by atoms with Crippen LogP contribution in [0.1, 0.15) is 22.5 Å². The van der Waals surface area contributed by atoms with E-state index in [1.54, 1.807) is 24.5 Å². The largest absolute Gasteiger partial charge is 0.322 e. The van der Waals surface area contributed by atoms with Crippen molar-refractivity contribution in [2.24, 2.45) is 0 Å². The maximum Gasteiger partial charge on any atom is 0.280 e. The predicted octanol–water partition coefficient (Wildman–Crippen LogP) is 4.66. The van der Waals surface area contributed by atoms with Crippen molar-refractivity contribution in [1.82, 2.24) is 19.7 Å². The van der Waals surface area contributed by atoms with Crippen LogP contribution in [-0.4, -0.2) is 25.7 Å². The molecule has 1 amide bonds. The van der Waals surface area contributed by atoms with Crippen LogP contribution in [0.3, 0.4) is 0 Å². The Kier molecular flexibility index (Phi) is 5.25. The molecule has 1 N–H and O–H groups in total. The molecular formula is C21H14F3N5O. The van der Waals surface area contributed by atoms with Crippen molar-refractivity contribution >= 4 is 11.6 Å². The highest BCUT2D eigenvalue weighted by Crippen LogP contribution is 2.28. The van der Waals surface area contributed by atoms with E-state index in [0.717, 1.165) is 10.9 Å². The number of amides is 1. The van der Waals surface area contributed by atoms with Gasteiger partial charge in [0.15, 0.2) is 5.82 Å². The summed E-state index contributed by atoms with van der Waals surface area (Å²) in [7, 11) is 0. The van der Waals surface area contributed by atoms with Crippen molar-refractivity contribution in [3.63, 3.8) is 0 Å². The van der Waals surface area contributed by atoms with Gasteiger partial charge in [-0.05, 0) is 48.5 Å². The van der Waals surface area contributed by atoms with Crippen LogP contribution in [0.15, 0.2) is 73.3 Å². The van der Waals surface area contributed by atoms with Gasteiger partial charge in [-0.1, -0.05) is 0 Å². The molecule has 0 atom stereocenters. The Morgan fingerprint density at radius 3 is 2.43 bits per heavy atom. The molecule has 0 aliphatic rings. The normalized spacial score (nSPS) is 10.9. The van der Waals surface area contributed by atoms with Gasteiger partial charge in [0.2, 0.25) is 0 Å². The van der Waals surface area contributed by atoms with Gasteiger partial charge in [-0.3, -0.25) is 14.8 Å². The van der Waals surface area contributed by atoms with E-state index < -0.39 is 18.1 Å². The lowest BCUT2D eigenvalue weighted by Crippen LogP contribution is -2.14. The van der Waals surface area contributed by atoms with Gasteiger partial charge in [0, 0.05) is 29.8 Å². The Morgan fingerprint density at radius 1 is 1.00 bits per heavy atom. The van der Waals surface area contributed by atoms with Gasteiger partial charge in [-0.2, -0.15) is 5.10 Å².